The molecule has 2 atom stereocenters. The number of fused-ring (bicyclic) bond motifs is 1. The number of alkyl halides is 6. The van der Waals surface area contributed by atoms with E-state index in [4.69, 9.17) is 9.72 Å². The lowest BCUT2D eigenvalue weighted by Crippen LogP contribution is -2.36. The van der Waals surface area contributed by atoms with E-state index in [1.807, 2.05) is 55.1 Å². The molecule has 2 aliphatic carbocycles. The Labute approximate surface area is 336 Å². The minimum atomic E-state index is -4.60. The fraction of sp³-hybridized carbons (Fsp3) is 0.533. The lowest BCUT2D eigenvalue weighted by molar-refractivity contribution is -0.137. The van der Waals surface area contributed by atoms with Crippen LogP contribution in [0.25, 0.3) is 0 Å². The standard InChI is InChI=1S/C39H48F6N4O3.C6H6/c1-36(2)19-28-31(29(50)20-36)30(23-9-13-38(41,42)14-10-23)32(33(40)24-5-7-26(8-6-24)39(43,44)45)34(48-28)25-11-16-49(17-12-25)35-46-21-27(22-47-35)52-18-15-37(3,4)51;1-2-4-6-5-3-1/h5-8,21-23,25,29,33,50-51H,9-20H2,1-4H3;1-6H/t29-,33-;/m0./s1. The molecule has 0 radical (unpaired) electrons. The predicted octanol–water partition coefficient (Wildman–Crippen LogP) is 10.9. The fourth-order valence-corrected chi connectivity index (χ4v) is 8.42. The molecule has 0 amide bonds. The predicted molar refractivity (Wildman–Crippen MR) is 211 cm³/mol. The summed E-state index contributed by atoms with van der Waals surface area (Å²) in [4.78, 5) is 16.1. The topological polar surface area (TPSA) is 91.6 Å². The molecule has 2 fully saturated rings. The summed E-state index contributed by atoms with van der Waals surface area (Å²) in [5.41, 5.74) is 0.273. The van der Waals surface area contributed by atoms with Gasteiger partial charge in [-0.05, 0) is 87.0 Å². The molecule has 2 aromatic carbocycles. The van der Waals surface area contributed by atoms with E-state index in [0.29, 0.717) is 86.0 Å². The number of anilines is 1. The van der Waals surface area contributed by atoms with Gasteiger partial charge in [0, 0.05) is 55.1 Å². The minimum absolute atomic E-state index is 0.0136. The molecule has 7 nitrogen and oxygen atoms in total. The van der Waals surface area contributed by atoms with Crippen LogP contribution in [-0.2, 0) is 12.6 Å². The number of benzene rings is 2. The van der Waals surface area contributed by atoms with Crippen molar-refractivity contribution >= 4 is 5.95 Å². The van der Waals surface area contributed by atoms with Crippen LogP contribution in [0.2, 0.25) is 0 Å². The first-order valence-corrected chi connectivity index (χ1v) is 20.2. The highest BCUT2D eigenvalue weighted by Gasteiger charge is 2.44. The highest BCUT2D eigenvalue weighted by atomic mass is 19.4. The third-order valence-corrected chi connectivity index (χ3v) is 11.5. The number of hydrogen-bond acceptors (Lipinski definition) is 7. The van der Waals surface area contributed by atoms with Crippen molar-refractivity contribution in [2.24, 2.45) is 5.41 Å². The number of ether oxygens (including phenoxy) is 1. The van der Waals surface area contributed by atoms with Gasteiger partial charge in [-0.25, -0.2) is 23.1 Å². The van der Waals surface area contributed by atoms with Crippen LogP contribution in [0.5, 0.6) is 5.75 Å². The molecule has 1 aliphatic heterocycles. The van der Waals surface area contributed by atoms with Crippen molar-refractivity contribution in [2.45, 2.75) is 127 Å². The number of rotatable bonds is 9. The second-order valence-corrected chi connectivity index (χ2v) is 17.4. The first kappa shape index (κ1) is 43.4. The number of aliphatic hydroxyl groups excluding tert-OH is 1. The molecule has 58 heavy (non-hydrogen) atoms. The molecule has 0 bridgehead atoms. The summed E-state index contributed by atoms with van der Waals surface area (Å²) in [5.74, 6) is -2.59. The van der Waals surface area contributed by atoms with E-state index in [-0.39, 0.29) is 48.1 Å². The minimum Gasteiger partial charge on any atom is -0.490 e. The quantitative estimate of drug-likeness (QED) is 0.163. The molecule has 2 N–H and O–H groups in total. The Balaban J connectivity index is 0.000000865. The summed E-state index contributed by atoms with van der Waals surface area (Å²) in [6.45, 7) is 8.78. The Morgan fingerprint density at radius 2 is 1.43 bits per heavy atom. The van der Waals surface area contributed by atoms with Gasteiger partial charge in [-0.15, -0.1) is 0 Å². The third kappa shape index (κ3) is 10.9. The van der Waals surface area contributed by atoms with Gasteiger partial charge in [-0.1, -0.05) is 62.4 Å². The number of aromatic nitrogens is 3. The van der Waals surface area contributed by atoms with Gasteiger partial charge in [0.2, 0.25) is 11.9 Å². The Morgan fingerprint density at radius 1 is 0.862 bits per heavy atom. The third-order valence-electron chi connectivity index (χ3n) is 11.5. The molecule has 3 heterocycles. The molecule has 314 valence electrons. The van der Waals surface area contributed by atoms with E-state index in [1.165, 1.54) is 0 Å². The van der Waals surface area contributed by atoms with Crippen LogP contribution in [0.1, 0.15) is 142 Å². The summed E-state index contributed by atoms with van der Waals surface area (Å²) in [6, 6.07) is 16.0. The number of nitrogens with zero attached hydrogens (tertiary/aromatic N) is 4. The van der Waals surface area contributed by atoms with Gasteiger partial charge in [0.25, 0.3) is 0 Å². The van der Waals surface area contributed by atoms with Gasteiger partial charge in [-0.2, -0.15) is 13.2 Å². The number of hydrogen-bond donors (Lipinski definition) is 2. The monoisotopic (exact) mass is 812 g/mol. The maximum Gasteiger partial charge on any atom is 0.416 e. The van der Waals surface area contributed by atoms with Crippen molar-refractivity contribution in [1.82, 2.24) is 15.0 Å². The van der Waals surface area contributed by atoms with E-state index in [9.17, 15) is 32.2 Å². The molecule has 1 saturated heterocycles. The molecule has 7 rings (SSSR count). The van der Waals surface area contributed by atoms with E-state index in [1.54, 1.807) is 26.2 Å². The second-order valence-electron chi connectivity index (χ2n) is 17.4. The Morgan fingerprint density at radius 3 is 1.97 bits per heavy atom. The molecular weight excluding hydrogens is 759 g/mol. The number of aliphatic hydroxyl groups is 2. The van der Waals surface area contributed by atoms with Crippen molar-refractivity contribution in [3.63, 3.8) is 0 Å². The van der Waals surface area contributed by atoms with Gasteiger partial charge in [-0.3, -0.25) is 4.98 Å². The summed E-state index contributed by atoms with van der Waals surface area (Å²) >= 11 is 0. The molecular formula is C45H54F6N4O3. The zero-order valence-corrected chi connectivity index (χ0v) is 33.6. The summed E-state index contributed by atoms with van der Waals surface area (Å²) in [7, 11) is 0. The number of pyridine rings is 1. The molecule has 1 saturated carbocycles. The summed E-state index contributed by atoms with van der Waals surface area (Å²) in [6.07, 6.45) is -2.46. The second kappa shape index (κ2) is 17.6. The maximum atomic E-state index is 17.3. The van der Waals surface area contributed by atoms with Gasteiger partial charge in [0.15, 0.2) is 11.9 Å². The molecule has 2 aromatic heterocycles. The van der Waals surface area contributed by atoms with Crippen molar-refractivity contribution in [3.8, 4) is 5.75 Å². The summed E-state index contributed by atoms with van der Waals surface area (Å²) < 4.78 is 92.3. The van der Waals surface area contributed by atoms with E-state index in [2.05, 4.69) is 9.97 Å². The van der Waals surface area contributed by atoms with E-state index < -0.39 is 41.5 Å². The lowest BCUT2D eigenvalue weighted by atomic mass is 9.68. The highest BCUT2D eigenvalue weighted by Crippen LogP contribution is 2.52. The Bertz CT molecular complexity index is 1910. The number of piperidine rings is 1. The van der Waals surface area contributed by atoms with Gasteiger partial charge >= 0.3 is 6.18 Å². The van der Waals surface area contributed by atoms with Crippen molar-refractivity contribution < 1.29 is 41.3 Å². The first-order valence-electron chi connectivity index (χ1n) is 20.2. The molecule has 0 unspecified atom stereocenters. The highest BCUT2D eigenvalue weighted by molar-refractivity contribution is 5.51. The Hall–Kier alpha value is -4.23. The molecule has 4 aromatic rings. The van der Waals surface area contributed by atoms with Crippen molar-refractivity contribution in [3.05, 3.63) is 112 Å². The van der Waals surface area contributed by atoms with Crippen molar-refractivity contribution in [2.75, 3.05) is 24.6 Å². The zero-order chi connectivity index (χ0) is 41.9. The molecule has 13 heteroatoms. The fourth-order valence-electron chi connectivity index (χ4n) is 8.42. The van der Waals surface area contributed by atoms with Crippen LogP contribution in [0.15, 0.2) is 73.1 Å². The number of halogens is 6. The zero-order valence-electron chi connectivity index (χ0n) is 33.6. The first-order chi connectivity index (χ1) is 27.3. The van der Waals surface area contributed by atoms with Crippen molar-refractivity contribution in [1.29, 1.82) is 0 Å². The lowest BCUT2D eigenvalue weighted by Gasteiger charge is -2.41. The SMILES string of the molecule is CC(C)(O)CCOc1cnc(N2CCC(c3nc4c(c(C5CCC(F)(F)CC5)c3[C@@H](F)c3ccc(C(F)(F)F)cc3)[C@@H](O)CC(C)(C)C4)CC2)nc1.c1ccccc1. The van der Waals surface area contributed by atoms with E-state index in [0.717, 1.165) is 24.3 Å². The van der Waals surface area contributed by atoms with Gasteiger partial charge in [0.05, 0.1) is 42.0 Å². The van der Waals surface area contributed by atoms with Crippen LogP contribution in [-0.4, -0.2) is 56.4 Å². The average molecular weight is 813 g/mol. The van der Waals surface area contributed by atoms with Crippen LogP contribution in [0.3, 0.4) is 0 Å². The van der Waals surface area contributed by atoms with Crippen LogP contribution in [0.4, 0.5) is 32.3 Å². The normalized spacial score (nSPS) is 20.4. The molecule has 0 spiro atoms. The average Bonchev–Trinajstić information content (AvgIpc) is 3.17. The van der Waals surface area contributed by atoms with Crippen LogP contribution in [0, 0.1) is 5.41 Å². The van der Waals surface area contributed by atoms with E-state index >= 15 is 4.39 Å². The Kier molecular flexibility index (Phi) is 13.1. The van der Waals surface area contributed by atoms with Crippen LogP contribution < -0.4 is 9.64 Å². The largest absolute Gasteiger partial charge is 0.490 e. The summed E-state index contributed by atoms with van der Waals surface area (Å²) in [5, 5.41) is 21.5. The van der Waals surface area contributed by atoms with Gasteiger partial charge in [0.1, 0.15) is 0 Å². The smallest absolute Gasteiger partial charge is 0.416 e. The van der Waals surface area contributed by atoms with Gasteiger partial charge < -0.3 is 19.8 Å². The van der Waals surface area contributed by atoms with Crippen LogP contribution >= 0.6 is 0 Å². The molecule has 3 aliphatic rings. The maximum absolute atomic E-state index is 17.3.